The number of hydrogen-bond acceptors (Lipinski definition) is 3. The highest BCUT2D eigenvalue weighted by molar-refractivity contribution is 5.13. The molecule has 0 aliphatic rings. The Morgan fingerprint density at radius 2 is 1.67 bits per heavy atom. The first-order valence-electron chi connectivity index (χ1n) is 7.93. The number of ether oxygens (including phenoxy) is 1. The molecule has 0 fully saturated rings. The smallest absolute Gasteiger partial charge is 0.0765 e. The second-order valence-electron chi connectivity index (χ2n) is 6.60. The third-order valence-corrected chi connectivity index (χ3v) is 3.93. The van der Waals surface area contributed by atoms with Gasteiger partial charge in [0.2, 0.25) is 0 Å². The van der Waals surface area contributed by atoms with E-state index >= 15 is 0 Å². The van der Waals surface area contributed by atoms with E-state index in [1.165, 1.54) is 5.56 Å². The van der Waals surface area contributed by atoms with Gasteiger partial charge in [-0.1, -0.05) is 65.0 Å². The van der Waals surface area contributed by atoms with Crippen LogP contribution in [0.1, 0.15) is 40.2 Å². The fourth-order valence-corrected chi connectivity index (χ4v) is 2.54. The van der Waals surface area contributed by atoms with E-state index in [0.717, 1.165) is 13.1 Å². The molecule has 0 saturated heterocycles. The molecule has 3 nitrogen and oxygen atoms in total. The molecule has 0 heterocycles. The fourth-order valence-electron chi connectivity index (χ4n) is 2.54. The van der Waals surface area contributed by atoms with Crippen LogP contribution in [0, 0.1) is 5.41 Å². The maximum Gasteiger partial charge on any atom is 0.0765 e. The minimum atomic E-state index is -0.409. The van der Waals surface area contributed by atoms with E-state index in [0.29, 0.717) is 13.2 Å². The summed E-state index contributed by atoms with van der Waals surface area (Å²) in [6.07, 6.45) is -0.409. The average Bonchev–Trinajstić information content (AvgIpc) is 2.46. The van der Waals surface area contributed by atoms with Crippen LogP contribution in [0.2, 0.25) is 0 Å². The number of aliphatic hydroxyl groups is 1. The van der Waals surface area contributed by atoms with Gasteiger partial charge in [-0.25, -0.2) is 0 Å². The second-order valence-corrected chi connectivity index (χ2v) is 6.60. The van der Waals surface area contributed by atoms with Crippen molar-refractivity contribution in [3.63, 3.8) is 0 Å². The van der Waals surface area contributed by atoms with E-state index in [9.17, 15) is 5.11 Å². The minimum Gasteiger partial charge on any atom is -0.391 e. The molecule has 0 aliphatic heterocycles. The maximum absolute atomic E-state index is 10.7. The van der Waals surface area contributed by atoms with Crippen LogP contribution in [0.3, 0.4) is 0 Å². The predicted molar refractivity (Wildman–Crippen MR) is 88.3 cm³/mol. The standard InChI is InChI=1S/C18H31NO2/c1-6-19(7-2)16(17(20)18(3,4)5)14-21-13-15-11-9-8-10-12-15/h8-12,16-17,20H,6-7,13-14H2,1-5H3/t16-,17-/m0/s1. The third-order valence-electron chi connectivity index (χ3n) is 3.93. The summed E-state index contributed by atoms with van der Waals surface area (Å²) >= 11 is 0. The molecule has 21 heavy (non-hydrogen) atoms. The van der Waals surface area contributed by atoms with E-state index in [4.69, 9.17) is 4.74 Å². The Labute approximate surface area is 129 Å². The normalized spacial score (nSPS) is 15.2. The van der Waals surface area contributed by atoms with Gasteiger partial charge in [-0.05, 0) is 24.1 Å². The quantitative estimate of drug-likeness (QED) is 0.798. The molecule has 120 valence electrons. The number of likely N-dealkylation sites (N-methyl/N-ethyl adjacent to an activating group) is 1. The van der Waals surface area contributed by atoms with Gasteiger partial charge in [-0.3, -0.25) is 4.90 Å². The van der Waals surface area contributed by atoms with Gasteiger partial charge in [0.05, 0.1) is 25.4 Å². The molecule has 2 atom stereocenters. The highest BCUT2D eigenvalue weighted by Crippen LogP contribution is 2.25. The molecule has 0 radical (unpaired) electrons. The van der Waals surface area contributed by atoms with Crippen LogP contribution in [-0.2, 0) is 11.3 Å². The molecular weight excluding hydrogens is 262 g/mol. The topological polar surface area (TPSA) is 32.7 Å². The van der Waals surface area contributed by atoms with Gasteiger partial charge in [0.1, 0.15) is 0 Å². The van der Waals surface area contributed by atoms with Gasteiger partial charge >= 0.3 is 0 Å². The summed E-state index contributed by atoms with van der Waals surface area (Å²) in [6, 6.07) is 10.2. The van der Waals surface area contributed by atoms with Crippen molar-refractivity contribution in [2.24, 2.45) is 5.41 Å². The van der Waals surface area contributed by atoms with Crippen LogP contribution in [0.5, 0.6) is 0 Å². The minimum absolute atomic E-state index is 0.0312. The average molecular weight is 293 g/mol. The summed E-state index contributed by atoms with van der Waals surface area (Å²) < 4.78 is 5.88. The van der Waals surface area contributed by atoms with Crippen molar-refractivity contribution in [3.8, 4) is 0 Å². The van der Waals surface area contributed by atoms with E-state index in [-0.39, 0.29) is 11.5 Å². The van der Waals surface area contributed by atoms with Gasteiger partial charge < -0.3 is 9.84 Å². The van der Waals surface area contributed by atoms with Crippen molar-refractivity contribution in [2.45, 2.75) is 53.4 Å². The first kappa shape index (κ1) is 18.1. The molecule has 1 aromatic rings. The molecule has 1 aromatic carbocycles. The van der Waals surface area contributed by atoms with Crippen molar-refractivity contribution in [3.05, 3.63) is 35.9 Å². The van der Waals surface area contributed by atoms with Crippen LogP contribution in [-0.4, -0.2) is 41.8 Å². The Morgan fingerprint density at radius 1 is 1.10 bits per heavy atom. The van der Waals surface area contributed by atoms with Gasteiger partial charge in [0.15, 0.2) is 0 Å². The monoisotopic (exact) mass is 293 g/mol. The summed E-state index contributed by atoms with van der Waals surface area (Å²) in [5.74, 6) is 0. The Kier molecular flexibility index (Phi) is 7.36. The second kappa shape index (κ2) is 8.52. The van der Waals surface area contributed by atoms with Crippen molar-refractivity contribution < 1.29 is 9.84 Å². The van der Waals surface area contributed by atoms with Gasteiger partial charge in [-0.15, -0.1) is 0 Å². The molecule has 1 rings (SSSR count). The maximum atomic E-state index is 10.7. The largest absolute Gasteiger partial charge is 0.391 e. The van der Waals surface area contributed by atoms with Crippen LogP contribution >= 0.6 is 0 Å². The van der Waals surface area contributed by atoms with Crippen LogP contribution < -0.4 is 0 Å². The first-order chi connectivity index (χ1) is 9.90. The predicted octanol–water partition coefficient (Wildman–Crippen LogP) is 3.32. The zero-order valence-electron chi connectivity index (χ0n) is 14.2. The molecule has 0 bridgehead atoms. The van der Waals surface area contributed by atoms with Crippen LogP contribution in [0.4, 0.5) is 0 Å². The number of aliphatic hydroxyl groups excluding tert-OH is 1. The molecule has 0 unspecified atom stereocenters. The number of nitrogens with zero attached hydrogens (tertiary/aromatic N) is 1. The summed E-state index contributed by atoms with van der Waals surface area (Å²) in [7, 11) is 0. The Balaban J connectivity index is 2.65. The molecule has 3 heteroatoms. The van der Waals surface area contributed by atoms with Crippen LogP contribution in [0.25, 0.3) is 0 Å². The molecular formula is C18H31NO2. The van der Waals surface area contributed by atoms with Crippen LogP contribution in [0.15, 0.2) is 30.3 Å². The van der Waals surface area contributed by atoms with Crippen molar-refractivity contribution in [1.29, 1.82) is 0 Å². The highest BCUT2D eigenvalue weighted by Gasteiger charge is 2.33. The number of rotatable bonds is 8. The first-order valence-corrected chi connectivity index (χ1v) is 7.93. The van der Waals surface area contributed by atoms with E-state index in [1.807, 2.05) is 18.2 Å². The lowest BCUT2D eigenvalue weighted by molar-refractivity contribution is -0.0556. The van der Waals surface area contributed by atoms with Gasteiger partial charge in [-0.2, -0.15) is 0 Å². The molecule has 0 spiro atoms. The zero-order valence-corrected chi connectivity index (χ0v) is 14.2. The van der Waals surface area contributed by atoms with E-state index < -0.39 is 6.10 Å². The molecule has 0 amide bonds. The lowest BCUT2D eigenvalue weighted by Gasteiger charge is -2.39. The number of benzene rings is 1. The summed E-state index contributed by atoms with van der Waals surface area (Å²) in [5.41, 5.74) is 1.02. The molecule has 0 saturated carbocycles. The molecule has 0 aromatic heterocycles. The van der Waals surface area contributed by atoms with E-state index in [2.05, 4.69) is 51.7 Å². The fraction of sp³-hybridized carbons (Fsp3) is 0.667. The summed E-state index contributed by atoms with van der Waals surface area (Å²) in [5, 5.41) is 10.7. The highest BCUT2D eigenvalue weighted by atomic mass is 16.5. The Bertz CT molecular complexity index is 382. The zero-order chi connectivity index (χ0) is 15.9. The lowest BCUT2D eigenvalue weighted by Crippen LogP contribution is -2.51. The van der Waals surface area contributed by atoms with E-state index in [1.54, 1.807) is 0 Å². The third kappa shape index (κ3) is 5.77. The van der Waals surface area contributed by atoms with Gasteiger partial charge in [0, 0.05) is 0 Å². The summed E-state index contributed by atoms with van der Waals surface area (Å²) in [6.45, 7) is 13.5. The SMILES string of the molecule is CCN(CC)[C@@H](COCc1ccccc1)[C@H](O)C(C)(C)C. The molecule has 1 N–H and O–H groups in total. The van der Waals surface area contributed by atoms with Crippen molar-refractivity contribution in [2.75, 3.05) is 19.7 Å². The lowest BCUT2D eigenvalue weighted by atomic mass is 9.84. The Hall–Kier alpha value is -0.900. The number of hydrogen-bond donors (Lipinski definition) is 1. The van der Waals surface area contributed by atoms with Gasteiger partial charge in [0.25, 0.3) is 0 Å². The molecule has 0 aliphatic carbocycles. The van der Waals surface area contributed by atoms with Crippen molar-refractivity contribution >= 4 is 0 Å². The van der Waals surface area contributed by atoms with Crippen molar-refractivity contribution in [1.82, 2.24) is 4.90 Å². The summed E-state index contributed by atoms with van der Waals surface area (Å²) in [4.78, 5) is 2.28. The Morgan fingerprint density at radius 3 is 2.14 bits per heavy atom.